The van der Waals surface area contributed by atoms with Crippen molar-refractivity contribution in [2.75, 3.05) is 46.1 Å². The molecule has 0 radical (unpaired) electrons. The van der Waals surface area contributed by atoms with Gasteiger partial charge in [0, 0.05) is 19.6 Å². The molecule has 0 rings (SSSR count). The molecule has 0 aliphatic heterocycles. The monoisotopic (exact) mass is 262 g/mol. The molecule has 0 heterocycles. The Hall–Kier alpha value is -1.54. The number of hydrogen-bond acceptors (Lipinski definition) is 4. The highest BCUT2D eigenvalue weighted by molar-refractivity contribution is 5.73. The van der Waals surface area contributed by atoms with Crippen LogP contribution >= 0.6 is 0 Å². The van der Waals surface area contributed by atoms with E-state index in [-0.39, 0.29) is 6.03 Å². The summed E-state index contributed by atoms with van der Waals surface area (Å²) in [6.45, 7) is 4.97. The van der Waals surface area contributed by atoms with Crippen LogP contribution in [-0.2, 0) is 9.47 Å². The van der Waals surface area contributed by atoms with E-state index in [0.717, 1.165) is 0 Å². The van der Waals surface area contributed by atoms with E-state index < -0.39 is 6.03 Å². The lowest BCUT2D eigenvalue weighted by molar-refractivity contribution is 0.0510. The first-order valence-electron chi connectivity index (χ1n) is 5.87. The predicted octanol–water partition coefficient (Wildman–Crippen LogP) is -0.993. The quantitative estimate of drug-likeness (QED) is 0.378. The second-order valence-corrected chi connectivity index (χ2v) is 3.30. The summed E-state index contributed by atoms with van der Waals surface area (Å²) in [5.41, 5.74) is 4.86. The zero-order valence-corrected chi connectivity index (χ0v) is 10.7. The van der Waals surface area contributed by atoms with Crippen LogP contribution in [-0.4, -0.2) is 58.1 Å². The summed E-state index contributed by atoms with van der Waals surface area (Å²) >= 11 is 0. The maximum absolute atomic E-state index is 11.0. The third-order valence-electron chi connectivity index (χ3n) is 1.79. The first-order valence-corrected chi connectivity index (χ1v) is 5.87. The molecule has 0 saturated carbocycles. The molecule has 0 fully saturated rings. The Bertz CT molecular complexity index is 238. The maximum Gasteiger partial charge on any atom is 0.314 e. The molecule has 0 bridgehead atoms. The Balaban J connectivity index is 3.07. The van der Waals surface area contributed by atoms with E-state index in [1.807, 2.05) is 6.92 Å². The Labute approximate surface area is 107 Å². The molecule has 106 valence electrons. The predicted molar refractivity (Wildman–Crippen MR) is 66.3 cm³/mol. The van der Waals surface area contributed by atoms with Gasteiger partial charge in [-0.05, 0) is 6.92 Å². The molecule has 0 atom stereocenters. The van der Waals surface area contributed by atoms with E-state index in [1.165, 1.54) is 0 Å². The normalized spacial score (nSPS) is 9.83. The Morgan fingerprint density at radius 2 is 1.50 bits per heavy atom. The number of primary amides is 1. The van der Waals surface area contributed by atoms with E-state index in [2.05, 4.69) is 16.0 Å². The van der Waals surface area contributed by atoms with Crippen LogP contribution in [0.1, 0.15) is 6.92 Å². The van der Waals surface area contributed by atoms with Crippen molar-refractivity contribution in [3.63, 3.8) is 0 Å². The van der Waals surface area contributed by atoms with Gasteiger partial charge in [-0.3, -0.25) is 0 Å². The molecular weight excluding hydrogens is 240 g/mol. The average molecular weight is 262 g/mol. The highest BCUT2D eigenvalue weighted by Crippen LogP contribution is 1.78. The summed E-state index contributed by atoms with van der Waals surface area (Å²) in [6, 6.07) is -0.763. The van der Waals surface area contributed by atoms with Crippen molar-refractivity contribution in [2.45, 2.75) is 6.92 Å². The van der Waals surface area contributed by atoms with Crippen LogP contribution in [0.15, 0.2) is 0 Å². The molecule has 4 amide bonds. The van der Waals surface area contributed by atoms with Gasteiger partial charge in [0.25, 0.3) is 0 Å². The highest BCUT2D eigenvalue weighted by Gasteiger charge is 1.96. The first kappa shape index (κ1) is 16.5. The third kappa shape index (κ3) is 12.5. The van der Waals surface area contributed by atoms with Crippen molar-refractivity contribution in [1.82, 2.24) is 16.0 Å². The van der Waals surface area contributed by atoms with Crippen molar-refractivity contribution in [3.05, 3.63) is 0 Å². The maximum atomic E-state index is 11.0. The van der Waals surface area contributed by atoms with Gasteiger partial charge in [0.1, 0.15) is 0 Å². The van der Waals surface area contributed by atoms with Gasteiger partial charge < -0.3 is 31.2 Å². The molecule has 18 heavy (non-hydrogen) atoms. The van der Waals surface area contributed by atoms with Gasteiger partial charge in [-0.2, -0.15) is 0 Å². The summed E-state index contributed by atoms with van der Waals surface area (Å²) in [7, 11) is 0. The molecule has 0 aliphatic rings. The molecule has 0 aromatic carbocycles. The largest absolute Gasteiger partial charge is 0.377 e. The minimum Gasteiger partial charge on any atom is -0.377 e. The third-order valence-corrected chi connectivity index (χ3v) is 1.79. The molecule has 8 heteroatoms. The number of urea groups is 2. The Kier molecular flexibility index (Phi) is 10.9. The number of amides is 4. The van der Waals surface area contributed by atoms with E-state index >= 15 is 0 Å². The van der Waals surface area contributed by atoms with Crippen LogP contribution < -0.4 is 21.7 Å². The van der Waals surface area contributed by atoms with Crippen LogP contribution in [0.3, 0.4) is 0 Å². The number of carbonyl (C=O) groups is 2. The number of nitrogens with one attached hydrogen (secondary N) is 3. The molecule has 0 aromatic heterocycles. The number of rotatable bonds is 10. The topological polar surface area (TPSA) is 115 Å². The zero-order valence-electron chi connectivity index (χ0n) is 10.7. The Morgan fingerprint density at radius 1 is 0.944 bits per heavy atom. The van der Waals surface area contributed by atoms with Gasteiger partial charge in [0.15, 0.2) is 0 Å². The van der Waals surface area contributed by atoms with Gasteiger partial charge in [-0.15, -0.1) is 0 Å². The Morgan fingerprint density at radius 3 is 2.00 bits per heavy atom. The van der Waals surface area contributed by atoms with Crippen molar-refractivity contribution >= 4 is 12.1 Å². The van der Waals surface area contributed by atoms with E-state index in [4.69, 9.17) is 15.2 Å². The number of hydrogen-bond donors (Lipinski definition) is 4. The zero-order chi connectivity index (χ0) is 13.6. The van der Waals surface area contributed by atoms with Gasteiger partial charge >= 0.3 is 12.1 Å². The lowest BCUT2D eigenvalue weighted by Gasteiger charge is -2.07. The van der Waals surface area contributed by atoms with E-state index in [9.17, 15) is 9.59 Å². The number of nitrogens with two attached hydrogens (primary N) is 1. The van der Waals surface area contributed by atoms with Gasteiger partial charge in [-0.25, -0.2) is 9.59 Å². The van der Waals surface area contributed by atoms with E-state index in [0.29, 0.717) is 46.1 Å². The van der Waals surface area contributed by atoms with Crippen molar-refractivity contribution in [3.8, 4) is 0 Å². The van der Waals surface area contributed by atoms with Crippen LogP contribution in [0.5, 0.6) is 0 Å². The summed E-state index contributed by atoms with van der Waals surface area (Å²) in [4.78, 5) is 21.3. The molecule has 5 N–H and O–H groups in total. The first-order chi connectivity index (χ1) is 8.66. The van der Waals surface area contributed by atoms with E-state index in [1.54, 1.807) is 0 Å². The second-order valence-electron chi connectivity index (χ2n) is 3.30. The lowest BCUT2D eigenvalue weighted by atomic mass is 10.6. The summed E-state index contributed by atoms with van der Waals surface area (Å²) in [6.07, 6.45) is 0. The van der Waals surface area contributed by atoms with Crippen molar-refractivity contribution in [2.24, 2.45) is 5.73 Å². The summed E-state index contributed by atoms with van der Waals surface area (Å²) in [5.74, 6) is 0. The fourth-order valence-electron chi connectivity index (χ4n) is 1.03. The standard InChI is InChI=1S/C10H22N4O4/c1-2-12-10(16)14-4-6-18-8-7-17-5-3-13-9(11)15/h2-8H2,1H3,(H3,11,13,15)(H2,12,14,16). The van der Waals surface area contributed by atoms with Crippen LogP contribution in [0.2, 0.25) is 0 Å². The average Bonchev–Trinajstić information content (AvgIpc) is 2.31. The molecule has 0 aromatic rings. The van der Waals surface area contributed by atoms with Crippen molar-refractivity contribution < 1.29 is 19.1 Å². The minimum absolute atomic E-state index is 0.199. The fourth-order valence-corrected chi connectivity index (χ4v) is 1.03. The van der Waals surface area contributed by atoms with Gasteiger partial charge in [0.2, 0.25) is 0 Å². The molecule has 8 nitrogen and oxygen atoms in total. The number of ether oxygens (including phenoxy) is 2. The van der Waals surface area contributed by atoms with Crippen LogP contribution in [0, 0.1) is 0 Å². The van der Waals surface area contributed by atoms with Crippen molar-refractivity contribution in [1.29, 1.82) is 0 Å². The number of carbonyl (C=O) groups excluding carboxylic acids is 2. The molecule has 0 saturated heterocycles. The van der Waals surface area contributed by atoms with Crippen LogP contribution in [0.4, 0.5) is 9.59 Å². The molecular formula is C10H22N4O4. The smallest absolute Gasteiger partial charge is 0.314 e. The molecule has 0 spiro atoms. The minimum atomic E-state index is -0.564. The van der Waals surface area contributed by atoms with Crippen LogP contribution in [0.25, 0.3) is 0 Å². The SMILES string of the molecule is CCNC(=O)NCCOCCOCCNC(N)=O. The lowest BCUT2D eigenvalue weighted by Crippen LogP contribution is -2.37. The fraction of sp³-hybridized carbons (Fsp3) is 0.800. The summed E-state index contributed by atoms with van der Waals surface area (Å²) < 4.78 is 10.4. The second kappa shape index (κ2) is 11.9. The summed E-state index contributed by atoms with van der Waals surface area (Å²) in [5, 5.41) is 7.63. The van der Waals surface area contributed by atoms with Gasteiger partial charge in [-0.1, -0.05) is 0 Å². The molecule has 0 aliphatic carbocycles. The molecule has 0 unspecified atom stereocenters. The highest BCUT2D eigenvalue weighted by atomic mass is 16.5. The van der Waals surface area contributed by atoms with Gasteiger partial charge in [0.05, 0.1) is 26.4 Å².